The molecule has 3 rings (SSSR count). The molecule has 0 aliphatic carbocycles. The molecular formula is C17H22N6. The molecule has 0 aromatic carbocycles. The molecule has 0 unspecified atom stereocenters. The quantitative estimate of drug-likeness (QED) is 0.773. The van der Waals surface area contributed by atoms with E-state index in [1.165, 1.54) is 0 Å². The van der Waals surface area contributed by atoms with Crippen LogP contribution < -0.4 is 5.73 Å². The average Bonchev–Trinajstić information content (AvgIpc) is 2.93. The van der Waals surface area contributed by atoms with Gasteiger partial charge in [-0.25, -0.2) is 9.97 Å². The zero-order valence-electron chi connectivity index (χ0n) is 14.0. The number of rotatable bonds is 4. The maximum Gasteiger partial charge on any atom is 0.200 e. The van der Waals surface area contributed by atoms with Gasteiger partial charge in [-0.15, -0.1) is 0 Å². The van der Waals surface area contributed by atoms with Gasteiger partial charge >= 0.3 is 0 Å². The third-order valence-electron chi connectivity index (χ3n) is 4.00. The van der Waals surface area contributed by atoms with E-state index >= 15 is 0 Å². The van der Waals surface area contributed by atoms with E-state index < -0.39 is 0 Å². The van der Waals surface area contributed by atoms with Gasteiger partial charge in [0.15, 0.2) is 5.65 Å². The van der Waals surface area contributed by atoms with Crippen molar-refractivity contribution in [1.82, 2.24) is 25.1 Å². The van der Waals surface area contributed by atoms with Crippen molar-refractivity contribution in [1.29, 1.82) is 0 Å². The molecule has 120 valence electrons. The first-order chi connectivity index (χ1) is 11.0. The van der Waals surface area contributed by atoms with Gasteiger partial charge in [-0.05, 0) is 31.4 Å². The molecule has 0 aliphatic rings. The van der Waals surface area contributed by atoms with Gasteiger partial charge in [-0.2, -0.15) is 5.10 Å². The van der Waals surface area contributed by atoms with E-state index in [4.69, 9.17) is 15.7 Å². The summed E-state index contributed by atoms with van der Waals surface area (Å²) in [6.45, 7) is 8.64. The van der Waals surface area contributed by atoms with E-state index in [2.05, 4.69) is 42.0 Å². The molecule has 0 atom stereocenters. The lowest BCUT2D eigenvalue weighted by molar-refractivity contribution is 0.804. The molecule has 23 heavy (non-hydrogen) atoms. The van der Waals surface area contributed by atoms with Crippen molar-refractivity contribution in [3.05, 3.63) is 34.9 Å². The van der Waals surface area contributed by atoms with Crippen LogP contribution in [0.5, 0.6) is 0 Å². The van der Waals surface area contributed by atoms with Crippen LogP contribution in [0.15, 0.2) is 12.1 Å². The highest BCUT2D eigenvalue weighted by Crippen LogP contribution is 2.28. The number of nitrogens with zero attached hydrogens (tertiary/aromatic N) is 4. The van der Waals surface area contributed by atoms with E-state index in [0.29, 0.717) is 18.1 Å². The van der Waals surface area contributed by atoms with Gasteiger partial charge in [0.05, 0.1) is 22.8 Å². The lowest BCUT2D eigenvalue weighted by Gasteiger charge is -2.13. The molecule has 0 amide bonds. The number of pyridine rings is 1. The van der Waals surface area contributed by atoms with Crippen LogP contribution in [0.1, 0.15) is 49.5 Å². The molecular weight excluding hydrogens is 288 g/mol. The number of aromatic nitrogens is 5. The predicted molar refractivity (Wildman–Crippen MR) is 91.0 cm³/mol. The van der Waals surface area contributed by atoms with Crippen molar-refractivity contribution >= 4 is 11.2 Å². The highest BCUT2D eigenvalue weighted by molar-refractivity contribution is 5.78. The Morgan fingerprint density at radius 2 is 1.91 bits per heavy atom. The molecule has 6 nitrogen and oxygen atoms in total. The summed E-state index contributed by atoms with van der Waals surface area (Å²) in [7, 11) is 0. The van der Waals surface area contributed by atoms with Crippen LogP contribution in [0.2, 0.25) is 0 Å². The summed E-state index contributed by atoms with van der Waals surface area (Å²) in [5.74, 6) is 0.365. The Morgan fingerprint density at radius 1 is 1.13 bits per heavy atom. The molecule has 0 saturated heterocycles. The maximum atomic E-state index is 5.94. The fourth-order valence-corrected chi connectivity index (χ4v) is 2.65. The Bertz CT molecular complexity index is 850. The summed E-state index contributed by atoms with van der Waals surface area (Å²) in [6.07, 6.45) is 0.778. The molecule has 3 N–H and O–H groups in total. The molecule has 3 heterocycles. The van der Waals surface area contributed by atoms with Crippen molar-refractivity contribution in [3.63, 3.8) is 0 Å². The minimum atomic E-state index is 0.365. The second-order valence-corrected chi connectivity index (χ2v) is 5.98. The van der Waals surface area contributed by atoms with Crippen molar-refractivity contribution in [2.75, 3.05) is 0 Å². The molecule has 0 fully saturated rings. The Balaban J connectivity index is 2.24. The number of nitrogens with two attached hydrogens (primary N) is 1. The number of aryl methyl sites for hydroxylation is 2. The number of aromatic amines is 1. The summed E-state index contributed by atoms with van der Waals surface area (Å²) in [5, 5.41) is 7.15. The number of fused-ring (bicyclic) bond motifs is 1. The normalized spacial score (nSPS) is 11.6. The molecule has 0 saturated carbocycles. The van der Waals surface area contributed by atoms with Gasteiger partial charge in [0.25, 0.3) is 0 Å². The maximum absolute atomic E-state index is 5.94. The van der Waals surface area contributed by atoms with Crippen LogP contribution in [0.3, 0.4) is 0 Å². The van der Waals surface area contributed by atoms with E-state index in [-0.39, 0.29) is 0 Å². The van der Waals surface area contributed by atoms with Crippen LogP contribution in [-0.2, 0) is 13.0 Å². The fraction of sp³-hybridized carbons (Fsp3) is 0.412. The smallest absolute Gasteiger partial charge is 0.200 e. The minimum absolute atomic E-state index is 0.365. The van der Waals surface area contributed by atoms with Gasteiger partial charge in [-0.1, -0.05) is 20.8 Å². The average molecular weight is 310 g/mol. The van der Waals surface area contributed by atoms with E-state index in [0.717, 1.165) is 46.0 Å². The lowest BCUT2D eigenvalue weighted by Crippen LogP contribution is -2.08. The predicted octanol–water partition coefficient (Wildman–Crippen LogP) is 2.87. The largest absolute Gasteiger partial charge is 0.325 e. The second-order valence-electron chi connectivity index (χ2n) is 5.98. The van der Waals surface area contributed by atoms with Crippen LogP contribution in [-0.4, -0.2) is 25.1 Å². The number of hydrogen-bond acceptors (Lipinski definition) is 5. The molecule has 3 aromatic heterocycles. The van der Waals surface area contributed by atoms with Crippen molar-refractivity contribution < 1.29 is 0 Å². The highest BCUT2D eigenvalue weighted by Gasteiger charge is 2.17. The molecule has 0 radical (unpaired) electrons. The summed E-state index contributed by atoms with van der Waals surface area (Å²) < 4.78 is 0. The van der Waals surface area contributed by atoms with Crippen LogP contribution >= 0.6 is 0 Å². The van der Waals surface area contributed by atoms with E-state index in [9.17, 15) is 0 Å². The number of hydrogen-bond donors (Lipinski definition) is 2. The molecule has 3 aromatic rings. The number of nitrogens with one attached hydrogen (secondary N) is 1. The Kier molecular flexibility index (Phi) is 4.09. The molecule has 6 heteroatoms. The molecule has 0 aliphatic heterocycles. The highest BCUT2D eigenvalue weighted by atomic mass is 15.2. The Hall–Kier alpha value is -2.34. The fourth-order valence-electron chi connectivity index (χ4n) is 2.65. The first-order valence-electron chi connectivity index (χ1n) is 7.97. The van der Waals surface area contributed by atoms with Crippen molar-refractivity contribution in [3.8, 4) is 11.3 Å². The van der Waals surface area contributed by atoms with Crippen LogP contribution in [0, 0.1) is 6.92 Å². The minimum Gasteiger partial charge on any atom is -0.325 e. The van der Waals surface area contributed by atoms with E-state index in [1.54, 1.807) is 0 Å². The lowest BCUT2D eigenvalue weighted by atomic mass is 10.0. The van der Waals surface area contributed by atoms with Crippen LogP contribution in [0.25, 0.3) is 22.4 Å². The topological polar surface area (TPSA) is 93.4 Å². The third kappa shape index (κ3) is 2.70. The summed E-state index contributed by atoms with van der Waals surface area (Å²) >= 11 is 0. The van der Waals surface area contributed by atoms with Gasteiger partial charge in [-0.3, -0.25) is 10.1 Å². The van der Waals surface area contributed by atoms with Gasteiger partial charge in [0.2, 0.25) is 0 Å². The summed E-state index contributed by atoms with van der Waals surface area (Å²) in [6, 6.07) is 4.11. The molecule has 0 spiro atoms. The van der Waals surface area contributed by atoms with Gasteiger partial charge in [0, 0.05) is 17.8 Å². The number of H-pyrrole nitrogens is 1. The zero-order chi connectivity index (χ0) is 16.6. The SMILES string of the molecule is CCc1nc2n[nH]c(C)c2nc1-c1ccc(C(C)C)nc1CN. The molecule has 0 bridgehead atoms. The van der Waals surface area contributed by atoms with Gasteiger partial charge < -0.3 is 5.73 Å². The van der Waals surface area contributed by atoms with Crippen LogP contribution in [0.4, 0.5) is 0 Å². The zero-order valence-corrected chi connectivity index (χ0v) is 14.0. The van der Waals surface area contributed by atoms with Crippen molar-refractivity contribution in [2.24, 2.45) is 5.73 Å². The third-order valence-corrected chi connectivity index (χ3v) is 4.00. The van der Waals surface area contributed by atoms with E-state index in [1.807, 2.05) is 13.0 Å². The standard InChI is InChI=1S/C17H22N6/c1-5-12-16(21-15-10(4)22-23-17(15)20-12)11-6-7-13(9(2)3)19-14(11)8-18/h6-7,9H,5,8,18H2,1-4H3,(H,20,22,23). The second kappa shape index (κ2) is 6.04. The first-order valence-corrected chi connectivity index (χ1v) is 7.97. The van der Waals surface area contributed by atoms with Gasteiger partial charge in [0.1, 0.15) is 5.52 Å². The first kappa shape index (κ1) is 15.6. The van der Waals surface area contributed by atoms with Crippen molar-refractivity contribution in [2.45, 2.75) is 46.6 Å². The Labute approximate surface area is 135 Å². The Morgan fingerprint density at radius 3 is 2.57 bits per heavy atom. The summed E-state index contributed by atoms with van der Waals surface area (Å²) in [4.78, 5) is 14.2. The monoisotopic (exact) mass is 310 g/mol. The summed E-state index contributed by atoms with van der Waals surface area (Å²) in [5.41, 5.74) is 12.9.